The minimum absolute atomic E-state index is 0.171. The molecule has 1 atom stereocenters. The maximum Gasteiger partial charge on any atom is 0.469 e. The smallest absolute Gasteiger partial charge is 0.462 e. The number of esters is 2. The van der Waals surface area contributed by atoms with Gasteiger partial charge in [0.1, 0.15) is 6.61 Å². The molecule has 0 radical (unpaired) electrons. The second-order valence-electron chi connectivity index (χ2n) is 12.9. The van der Waals surface area contributed by atoms with Crippen molar-refractivity contribution >= 4 is 19.8 Å². The van der Waals surface area contributed by atoms with Gasteiger partial charge in [0, 0.05) is 12.8 Å². The molecule has 2 N–H and O–H groups in total. The molecule has 0 aliphatic carbocycles. The molecule has 9 heteroatoms. The van der Waals surface area contributed by atoms with Gasteiger partial charge in [-0.25, -0.2) is 4.57 Å². The Morgan fingerprint density at radius 1 is 0.520 bits per heavy atom. The zero-order valence-electron chi connectivity index (χ0n) is 31.5. The maximum atomic E-state index is 12.4. The summed E-state index contributed by atoms with van der Waals surface area (Å²) in [6.45, 7) is 3.56. The average Bonchev–Trinajstić information content (AvgIpc) is 3.08. The Morgan fingerprint density at radius 2 is 0.940 bits per heavy atom. The first-order valence-electron chi connectivity index (χ1n) is 19.6. The highest BCUT2D eigenvalue weighted by atomic mass is 31.2. The standard InChI is InChI=1S/C41H71O8P/c1-3-5-7-9-11-13-15-17-19-20-22-24-26-28-30-32-34-36-41(43)49-39(38-48-50(44,45)46)37-47-40(42)35-33-31-29-27-25-23-21-18-16-14-12-10-8-6-4-2/h7,9,13-16,19-20,24,26,39H,3-6,8,10-12,17-18,21-23,25,27-38H2,1-2H3,(H2,44,45,46)/b9-7+,15-13+,16-14+,20-19+,26-24+/t39-/m1/s1. The summed E-state index contributed by atoms with van der Waals surface area (Å²) < 4.78 is 26.3. The van der Waals surface area contributed by atoms with Crippen LogP contribution in [0, 0.1) is 0 Å². The Labute approximate surface area is 305 Å². The molecule has 8 nitrogen and oxygen atoms in total. The Kier molecular flexibility index (Phi) is 34.9. The molecule has 0 saturated heterocycles. The molecule has 0 unspecified atom stereocenters. The van der Waals surface area contributed by atoms with Crippen molar-refractivity contribution in [1.82, 2.24) is 0 Å². The van der Waals surface area contributed by atoms with Crippen LogP contribution in [0.1, 0.15) is 168 Å². The van der Waals surface area contributed by atoms with Crippen molar-refractivity contribution in [1.29, 1.82) is 0 Å². The van der Waals surface area contributed by atoms with Gasteiger partial charge in [0.15, 0.2) is 6.10 Å². The van der Waals surface area contributed by atoms with Crippen LogP contribution in [0.15, 0.2) is 60.8 Å². The van der Waals surface area contributed by atoms with Gasteiger partial charge in [-0.3, -0.25) is 14.1 Å². The summed E-state index contributed by atoms with van der Waals surface area (Å²) in [5.41, 5.74) is 0. The number of unbranched alkanes of at least 4 members (excludes halogenated alkanes) is 15. The van der Waals surface area contributed by atoms with E-state index in [0.29, 0.717) is 12.8 Å². The lowest BCUT2D eigenvalue weighted by molar-refractivity contribution is -0.161. The summed E-state index contributed by atoms with van der Waals surface area (Å²) in [5.74, 6) is -0.930. The van der Waals surface area contributed by atoms with Crippen LogP contribution in [0.25, 0.3) is 0 Å². The van der Waals surface area contributed by atoms with Crippen LogP contribution in [0.4, 0.5) is 0 Å². The molecule has 0 rings (SSSR count). The summed E-state index contributed by atoms with van der Waals surface area (Å²) in [7, 11) is -4.76. The number of phosphoric acid groups is 1. The van der Waals surface area contributed by atoms with Gasteiger partial charge in [-0.05, 0) is 77.0 Å². The molecule has 0 spiro atoms. The highest BCUT2D eigenvalue weighted by Crippen LogP contribution is 2.36. The van der Waals surface area contributed by atoms with Gasteiger partial charge >= 0.3 is 19.8 Å². The van der Waals surface area contributed by atoms with Crippen LogP contribution in [-0.2, 0) is 28.2 Å². The van der Waals surface area contributed by atoms with E-state index in [1.54, 1.807) is 0 Å². The van der Waals surface area contributed by atoms with Crippen LogP contribution < -0.4 is 0 Å². The molecular formula is C41H71O8P. The number of phosphoric ester groups is 1. The topological polar surface area (TPSA) is 119 Å². The lowest BCUT2D eigenvalue weighted by Crippen LogP contribution is -2.29. The number of carbonyl (C=O) groups excluding carboxylic acids is 2. The van der Waals surface area contributed by atoms with Gasteiger partial charge in [-0.15, -0.1) is 0 Å². The zero-order valence-corrected chi connectivity index (χ0v) is 32.4. The van der Waals surface area contributed by atoms with Crippen molar-refractivity contribution < 1.29 is 37.9 Å². The van der Waals surface area contributed by atoms with E-state index < -0.39 is 32.5 Å². The monoisotopic (exact) mass is 722 g/mol. The van der Waals surface area contributed by atoms with E-state index in [1.165, 1.54) is 57.8 Å². The number of allylic oxidation sites excluding steroid dienone is 10. The molecule has 0 aliphatic rings. The van der Waals surface area contributed by atoms with E-state index in [2.05, 4.69) is 79.1 Å². The predicted molar refractivity (Wildman–Crippen MR) is 207 cm³/mol. The summed E-state index contributed by atoms with van der Waals surface area (Å²) in [5, 5.41) is 0. The van der Waals surface area contributed by atoms with Crippen molar-refractivity contribution in [2.45, 2.75) is 174 Å². The second kappa shape index (κ2) is 36.5. The van der Waals surface area contributed by atoms with Crippen LogP contribution in [-0.4, -0.2) is 41.0 Å². The summed E-state index contributed by atoms with van der Waals surface area (Å²) in [6, 6.07) is 0. The lowest BCUT2D eigenvalue weighted by atomic mass is 10.1. The van der Waals surface area contributed by atoms with Crippen molar-refractivity contribution in [3.8, 4) is 0 Å². The number of rotatable bonds is 35. The first kappa shape index (κ1) is 47.8. The highest BCUT2D eigenvalue weighted by molar-refractivity contribution is 7.46. The van der Waals surface area contributed by atoms with Gasteiger partial charge < -0.3 is 19.3 Å². The Bertz CT molecular complexity index is 995. The zero-order chi connectivity index (χ0) is 36.8. The molecule has 0 aromatic heterocycles. The van der Waals surface area contributed by atoms with Gasteiger partial charge in [0.2, 0.25) is 0 Å². The molecule has 0 aliphatic heterocycles. The maximum absolute atomic E-state index is 12.4. The molecule has 0 bridgehead atoms. The Hall–Kier alpha value is -2.25. The van der Waals surface area contributed by atoms with E-state index in [9.17, 15) is 14.2 Å². The fourth-order valence-electron chi connectivity index (χ4n) is 5.06. The third-order valence-corrected chi connectivity index (χ3v) is 8.48. The fraction of sp³-hybridized carbons (Fsp3) is 0.707. The van der Waals surface area contributed by atoms with Gasteiger partial charge in [0.25, 0.3) is 0 Å². The Balaban J connectivity index is 4.04. The van der Waals surface area contributed by atoms with Gasteiger partial charge in [0.05, 0.1) is 6.61 Å². The minimum atomic E-state index is -4.76. The minimum Gasteiger partial charge on any atom is -0.462 e. The molecule has 50 heavy (non-hydrogen) atoms. The molecule has 0 aromatic carbocycles. The van der Waals surface area contributed by atoms with Crippen LogP contribution in [0.5, 0.6) is 0 Å². The van der Waals surface area contributed by atoms with Crippen LogP contribution >= 0.6 is 7.82 Å². The highest BCUT2D eigenvalue weighted by Gasteiger charge is 2.22. The lowest BCUT2D eigenvalue weighted by Gasteiger charge is -2.18. The first-order valence-corrected chi connectivity index (χ1v) is 21.1. The van der Waals surface area contributed by atoms with Crippen molar-refractivity contribution in [3.63, 3.8) is 0 Å². The van der Waals surface area contributed by atoms with Crippen LogP contribution in [0.2, 0.25) is 0 Å². The molecule has 0 heterocycles. The average molecular weight is 723 g/mol. The van der Waals surface area contributed by atoms with E-state index in [-0.39, 0.29) is 19.4 Å². The molecule has 0 aromatic rings. The Morgan fingerprint density at radius 3 is 1.46 bits per heavy atom. The number of carbonyl (C=O) groups is 2. The SMILES string of the molecule is CCC/C=C/C/C=C/C/C=C/C/C=C/CCCCCC(=O)O[C@H](COC(=O)CCCCCCCCC/C=C/CCCCCC)COP(=O)(O)O. The van der Waals surface area contributed by atoms with E-state index in [1.807, 2.05) is 0 Å². The number of hydrogen-bond donors (Lipinski definition) is 2. The first-order chi connectivity index (χ1) is 24.3. The second-order valence-corrected chi connectivity index (χ2v) is 14.1. The van der Waals surface area contributed by atoms with Gasteiger partial charge in [-0.1, -0.05) is 139 Å². The third kappa shape index (κ3) is 38.6. The summed E-state index contributed by atoms with van der Waals surface area (Å²) >= 11 is 0. The van der Waals surface area contributed by atoms with Crippen molar-refractivity contribution in [2.24, 2.45) is 0 Å². The molecule has 0 amide bonds. The number of hydrogen-bond acceptors (Lipinski definition) is 6. The van der Waals surface area contributed by atoms with Gasteiger partial charge in [-0.2, -0.15) is 0 Å². The number of ether oxygens (including phenoxy) is 2. The van der Waals surface area contributed by atoms with Crippen molar-refractivity contribution in [2.75, 3.05) is 13.2 Å². The fourth-order valence-corrected chi connectivity index (χ4v) is 5.42. The molecule has 288 valence electrons. The summed E-state index contributed by atoms with van der Waals surface area (Å²) in [4.78, 5) is 42.7. The van der Waals surface area contributed by atoms with E-state index in [0.717, 1.165) is 70.6 Å². The largest absolute Gasteiger partial charge is 0.469 e. The quantitative estimate of drug-likeness (QED) is 0.0287. The third-order valence-electron chi connectivity index (χ3n) is 7.99. The van der Waals surface area contributed by atoms with E-state index in [4.69, 9.17) is 19.3 Å². The normalized spacial score (nSPS) is 13.1. The molecular weight excluding hydrogens is 651 g/mol. The summed E-state index contributed by atoms with van der Waals surface area (Å²) in [6.07, 6.45) is 45.1. The molecule has 0 fully saturated rings. The van der Waals surface area contributed by atoms with Crippen molar-refractivity contribution in [3.05, 3.63) is 60.8 Å². The molecule has 0 saturated carbocycles. The van der Waals surface area contributed by atoms with E-state index >= 15 is 0 Å². The van der Waals surface area contributed by atoms with Crippen LogP contribution in [0.3, 0.4) is 0 Å². The predicted octanol–water partition coefficient (Wildman–Crippen LogP) is 11.7.